The molecule has 1 fully saturated rings. The molecule has 0 bridgehead atoms. The summed E-state index contributed by atoms with van der Waals surface area (Å²) in [6.45, 7) is -0.122. The minimum absolute atomic E-state index is 0.0249. The first-order valence-corrected chi connectivity index (χ1v) is 6.46. The molecule has 0 aromatic rings. The minimum Gasteiger partial charge on any atom is -0.395 e. The third-order valence-corrected chi connectivity index (χ3v) is 3.55. The summed E-state index contributed by atoms with van der Waals surface area (Å²) in [5, 5.41) is 11.4. The van der Waals surface area contributed by atoms with Crippen molar-refractivity contribution in [1.82, 2.24) is 5.32 Å². The summed E-state index contributed by atoms with van der Waals surface area (Å²) in [4.78, 5) is 11.3. The van der Waals surface area contributed by atoms with Gasteiger partial charge in [-0.15, -0.1) is 0 Å². The van der Waals surface area contributed by atoms with Gasteiger partial charge in [-0.2, -0.15) is 0 Å². The van der Waals surface area contributed by atoms with Gasteiger partial charge in [0, 0.05) is 22.6 Å². The van der Waals surface area contributed by atoms with E-state index in [2.05, 4.69) is 5.32 Å². The van der Waals surface area contributed by atoms with Crippen molar-refractivity contribution in [3.8, 4) is 0 Å². The number of carbonyl (C=O) groups is 1. The lowest BCUT2D eigenvalue weighted by Crippen LogP contribution is -2.36. The highest BCUT2D eigenvalue weighted by Crippen LogP contribution is 2.17. The Morgan fingerprint density at radius 1 is 1.43 bits per heavy atom. The van der Waals surface area contributed by atoms with Gasteiger partial charge < -0.3 is 10.4 Å². The zero-order chi connectivity index (χ0) is 10.4. The second-order valence-corrected chi connectivity index (χ2v) is 5.14. The summed E-state index contributed by atoms with van der Waals surface area (Å²) < 4.78 is 11.1. The van der Waals surface area contributed by atoms with Gasteiger partial charge in [0.2, 0.25) is 5.91 Å². The molecule has 1 rings (SSSR count). The predicted octanol–water partition coefficient (Wildman–Crippen LogP) is -0.214. The Morgan fingerprint density at radius 2 is 2.07 bits per heavy atom. The van der Waals surface area contributed by atoms with Gasteiger partial charge >= 0.3 is 0 Å². The van der Waals surface area contributed by atoms with Crippen LogP contribution >= 0.6 is 0 Å². The number of aliphatic hydroxyl groups is 1. The Morgan fingerprint density at radius 3 is 2.64 bits per heavy atom. The maximum atomic E-state index is 11.3. The molecule has 0 aromatic carbocycles. The first kappa shape index (κ1) is 11.7. The third kappa shape index (κ3) is 4.19. The van der Waals surface area contributed by atoms with E-state index in [0.717, 1.165) is 12.8 Å². The molecule has 1 atom stereocenters. The second-order valence-electron chi connectivity index (χ2n) is 3.56. The molecule has 1 aliphatic rings. The number of rotatable bonds is 5. The van der Waals surface area contributed by atoms with Crippen LogP contribution in [-0.4, -0.2) is 39.4 Å². The van der Waals surface area contributed by atoms with Gasteiger partial charge in [0.25, 0.3) is 0 Å². The number of hydrogen-bond acceptors (Lipinski definition) is 3. The molecule has 0 heterocycles. The van der Waals surface area contributed by atoms with Gasteiger partial charge in [-0.1, -0.05) is 12.8 Å². The molecule has 4 nitrogen and oxygen atoms in total. The van der Waals surface area contributed by atoms with E-state index >= 15 is 0 Å². The maximum absolute atomic E-state index is 11.3. The normalized spacial score (nSPS) is 19.5. The van der Waals surface area contributed by atoms with Gasteiger partial charge in [-0.05, 0) is 12.8 Å². The molecule has 1 saturated carbocycles. The van der Waals surface area contributed by atoms with E-state index in [9.17, 15) is 9.00 Å². The van der Waals surface area contributed by atoms with Gasteiger partial charge in [0.1, 0.15) is 5.75 Å². The second kappa shape index (κ2) is 6.14. The molecule has 0 saturated heterocycles. The summed E-state index contributed by atoms with van der Waals surface area (Å²) in [6.07, 6.45) is 4.42. The molecule has 14 heavy (non-hydrogen) atoms. The van der Waals surface area contributed by atoms with Crippen molar-refractivity contribution in [1.29, 1.82) is 0 Å². The minimum atomic E-state index is -1.21. The molecule has 82 valence electrons. The van der Waals surface area contributed by atoms with Crippen LogP contribution in [0.3, 0.4) is 0 Å². The van der Waals surface area contributed by atoms with Crippen molar-refractivity contribution in [3.05, 3.63) is 0 Å². The highest BCUT2D eigenvalue weighted by molar-refractivity contribution is 7.85. The van der Waals surface area contributed by atoms with E-state index < -0.39 is 10.8 Å². The van der Waals surface area contributed by atoms with Crippen LogP contribution in [0.1, 0.15) is 25.7 Å². The van der Waals surface area contributed by atoms with Crippen LogP contribution < -0.4 is 5.32 Å². The Balaban J connectivity index is 2.17. The van der Waals surface area contributed by atoms with Crippen LogP contribution in [0, 0.1) is 0 Å². The van der Waals surface area contributed by atoms with Crippen LogP contribution in [-0.2, 0) is 15.6 Å². The van der Waals surface area contributed by atoms with Crippen molar-refractivity contribution in [2.75, 3.05) is 18.1 Å². The Kier molecular flexibility index (Phi) is 5.11. The number of nitrogens with one attached hydrogen (secondary N) is 1. The summed E-state index contributed by atoms with van der Waals surface area (Å²) in [7, 11) is -1.21. The maximum Gasteiger partial charge on any atom is 0.232 e. The van der Waals surface area contributed by atoms with Crippen molar-refractivity contribution in [2.45, 2.75) is 31.7 Å². The fraction of sp³-hybridized carbons (Fsp3) is 0.889. The highest BCUT2D eigenvalue weighted by atomic mass is 32.2. The highest BCUT2D eigenvalue weighted by Gasteiger charge is 2.17. The van der Waals surface area contributed by atoms with E-state index in [4.69, 9.17) is 5.11 Å². The molecule has 5 heteroatoms. The van der Waals surface area contributed by atoms with Gasteiger partial charge in [0.05, 0.1) is 6.61 Å². The average molecular weight is 219 g/mol. The van der Waals surface area contributed by atoms with Crippen LogP contribution in [0.15, 0.2) is 0 Å². The van der Waals surface area contributed by atoms with E-state index in [1.54, 1.807) is 0 Å². The number of amides is 1. The Bertz CT molecular complexity index is 214. The van der Waals surface area contributed by atoms with Crippen molar-refractivity contribution in [3.63, 3.8) is 0 Å². The molecule has 0 spiro atoms. The standard InChI is InChI=1S/C9H17NO3S/c11-5-6-14(13)7-9(12)10-8-3-1-2-4-8/h8,11H,1-7H2,(H,10,12). The molecule has 2 N–H and O–H groups in total. The van der Waals surface area contributed by atoms with Crippen molar-refractivity contribution in [2.24, 2.45) is 0 Å². The molecule has 1 aliphatic carbocycles. The van der Waals surface area contributed by atoms with E-state index in [-0.39, 0.29) is 30.1 Å². The SMILES string of the molecule is O=C(CS(=O)CCO)NC1CCCC1. The van der Waals surface area contributed by atoms with E-state index in [1.165, 1.54) is 12.8 Å². The van der Waals surface area contributed by atoms with Crippen molar-refractivity contribution >= 4 is 16.7 Å². The van der Waals surface area contributed by atoms with E-state index in [1.807, 2.05) is 0 Å². The van der Waals surface area contributed by atoms with Crippen LogP contribution in [0.2, 0.25) is 0 Å². The lowest BCUT2D eigenvalue weighted by molar-refractivity contribution is -0.119. The topological polar surface area (TPSA) is 66.4 Å². The van der Waals surface area contributed by atoms with Crippen LogP contribution in [0.4, 0.5) is 0 Å². The summed E-state index contributed by atoms with van der Waals surface area (Å²) in [5.41, 5.74) is 0. The largest absolute Gasteiger partial charge is 0.395 e. The molecular weight excluding hydrogens is 202 g/mol. The number of carbonyl (C=O) groups excluding carboxylic acids is 1. The number of hydrogen-bond donors (Lipinski definition) is 2. The quantitative estimate of drug-likeness (QED) is 0.672. The molecular formula is C9H17NO3S. The van der Waals surface area contributed by atoms with Crippen molar-refractivity contribution < 1.29 is 14.1 Å². The fourth-order valence-corrected chi connectivity index (χ4v) is 2.38. The van der Waals surface area contributed by atoms with Crippen LogP contribution in [0.5, 0.6) is 0 Å². The molecule has 0 radical (unpaired) electrons. The fourth-order valence-electron chi connectivity index (χ4n) is 1.66. The van der Waals surface area contributed by atoms with Gasteiger partial charge in [-0.25, -0.2) is 0 Å². The zero-order valence-electron chi connectivity index (χ0n) is 8.20. The molecule has 1 unspecified atom stereocenters. The zero-order valence-corrected chi connectivity index (χ0v) is 9.02. The van der Waals surface area contributed by atoms with Crippen LogP contribution in [0.25, 0.3) is 0 Å². The average Bonchev–Trinajstić information content (AvgIpc) is 2.56. The summed E-state index contributed by atoms with van der Waals surface area (Å²) in [6, 6.07) is 0.286. The molecule has 0 aliphatic heterocycles. The Hall–Kier alpha value is -0.420. The lowest BCUT2D eigenvalue weighted by Gasteiger charge is -2.11. The molecule has 1 amide bonds. The lowest BCUT2D eigenvalue weighted by atomic mass is 10.2. The third-order valence-electron chi connectivity index (χ3n) is 2.33. The van der Waals surface area contributed by atoms with E-state index in [0.29, 0.717) is 0 Å². The first-order valence-electron chi connectivity index (χ1n) is 4.97. The Labute approximate surface area is 86.5 Å². The monoisotopic (exact) mass is 219 g/mol. The van der Waals surface area contributed by atoms with Gasteiger partial charge in [-0.3, -0.25) is 9.00 Å². The summed E-state index contributed by atoms with van der Waals surface area (Å²) in [5.74, 6) is 0.0680. The smallest absolute Gasteiger partial charge is 0.232 e. The molecule has 0 aromatic heterocycles. The van der Waals surface area contributed by atoms with Gasteiger partial charge in [0.15, 0.2) is 0 Å². The summed E-state index contributed by atoms with van der Waals surface area (Å²) >= 11 is 0. The predicted molar refractivity (Wildman–Crippen MR) is 55.4 cm³/mol. The number of aliphatic hydroxyl groups excluding tert-OH is 1. The first-order chi connectivity index (χ1) is 6.72.